The summed E-state index contributed by atoms with van der Waals surface area (Å²) in [6.07, 6.45) is 4.21. The van der Waals surface area contributed by atoms with Crippen LogP contribution in [0.1, 0.15) is 43.2 Å². The highest BCUT2D eigenvalue weighted by molar-refractivity contribution is 5.94. The maximum absolute atomic E-state index is 12.9. The molecule has 1 heterocycles. The van der Waals surface area contributed by atoms with Crippen LogP contribution in [0.5, 0.6) is 0 Å². The van der Waals surface area contributed by atoms with E-state index < -0.39 is 0 Å². The van der Waals surface area contributed by atoms with Crippen molar-refractivity contribution in [1.29, 1.82) is 0 Å². The molecule has 1 aliphatic carbocycles. The molecular formula is C16H28N4O. The molecule has 0 spiro atoms. The second kappa shape index (κ2) is 6.52. The number of nitrogens with zero attached hydrogens (tertiary/aromatic N) is 3. The molecule has 0 radical (unpaired) electrons. The molecule has 0 aromatic carbocycles. The molecule has 21 heavy (non-hydrogen) atoms. The Morgan fingerprint density at radius 3 is 2.57 bits per heavy atom. The Kier molecular flexibility index (Phi) is 4.93. The molecule has 0 atom stereocenters. The van der Waals surface area contributed by atoms with Crippen LogP contribution in [0, 0.1) is 5.92 Å². The fourth-order valence-electron chi connectivity index (χ4n) is 2.53. The molecule has 0 aliphatic heterocycles. The predicted molar refractivity (Wildman–Crippen MR) is 86.4 cm³/mol. The van der Waals surface area contributed by atoms with Gasteiger partial charge in [0.1, 0.15) is 5.69 Å². The zero-order valence-electron chi connectivity index (χ0n) is 13.7. The third-order valence-electron chi connectivity index (χ3n) is 3.72. The van der Waals surface area contributed by atoms with Crippen LogP contribution in [0.15, 0.2) is 12.3 Å². The van der Waals surface area contributed by atoms with E-state index in [1.54, 1.807) is 0 Å². The molecule has 5 nitrogen and oxygen atoms in total. The Labute approximate surface area is 127 Å². The number of aromatic nitrogens is 1. The van der Waals surface area contributed by atoms with E-state index >= 15 is 0 Å². The van der Waals surface area contributed by atoms with Crippen molar-refractivity contribution in [2.45, 2.75) is 32.7 Å². The van der Waals surface area contributed by atoms with Crippen molar-refractivity contribution in [2.24, 2.45) is 5.92 Å². The highest BCUT2D eigenvalue weighted by Crippen LogP contribution is 2.37. The third-order valence-corrected chi connectivity index (χ3v) is 3.72. The summed E-state index contributed by atoms with van der Waals surface area (Å²) in [5, 5.41) is 0. The molecule has 2 N–H and O–H groups in total. The van der Waals surface area contributed by atoms with Crippen LogP contribution >= 0.6 is 0 Å². The van der Waals surface area contributed by atoms with Gasteiger partial charge in [0.15, 0.2) is 0 Å². The average Bonchev–Trinajstić information content (AvgIpc) is 3.16. The van der Waals surface area contributed by atoms with Crippen molar-refractivity contribution in [3.05, 3.63) is 18.0 Å². The van der Waals surface area contributed by atoms with Gasteiger partial charge < -0.3 is 20.1 Å². The molecule has 0 unspecified atom stereocenters. The summed E-state index contributed by atoms with van der Waals surface area (Å²) in [5.41, 5.74) is 7.33. The van der Waals surface area contributed by atoms with Crippen molar-refractivity contribution in [1.82, 2.24) is 14.4 Å². The lowest BCUT2D eigenvalue weighted by Gasteiger charge is -2.26. The van der Waals surface area contributed by atoms with Crippen molar-refractivity contribution in [3.63, 3.8) is 0 Å². The smallest absolute Gasteiger partial charge is 0.270 e. The van der Waals surface area contributed by atoms with Gasteiger partial charge in [0.05, 0.1) is 5.69 Å². The van der Waals surface area contributed by atoms with Gasteiger partial charge in [0, 0.05) is 31.9 Å². The molecule has 1 aromatic heterocycles. The highest BCUT2D eigenvalue weighted by Gasteiger charge is 2.29. The third kappa shape index (κ3) is 4.24. The van der Waals surface area contributed by atoms with Gasteiger partial charge in [-0.2, -0.15) is 0 Å². The SMILES string of the molecule is CC(C)CN(CCN(C)C)C(=O)c1cc(N)cn1C1CC1. The van der Waals surface area contributed by atoms with E-state index in [0.717, 1.165) is 38.2 Å². The molecule has 1 amide bonds. The van der Waals surface area contributed by atoms with Crippen molar-refractivity contribution < 1.29 is 4.79 Å². The zero-order chi connectivity index (χ0) is 15.6. The van der Waals surface area contributed by atoms with E-state index in [1.165, 1.54) is 0 Å². The Morgan fingerprint density at radius 1 is 1.38 bits per heavy atom. The van der Waals surface area contributed by atoms with Crippen LogP contribution < -0.4 is 5.73 Å². The predicted octanol–water partition coefficient (Wildman–Crippen LogP) is 2.06. The summed E-state index contributed by atoms with van der Waals surface area (Å²) < 4.78 is 2.07. The van der Waals surface area contributed by atoms with Gasteiger partial charge in [-0.3, -0.25) is 4.79 Å². The summed E-state index contributed by atoms with van der Waals surface area (Å²) in [6, 6.07) is 2.29. The standard InChI is InChI=1S/C16H28N4O/c1-12(2)10-19(8-7-18(3)4)16(21)15-9-13(17)11-20(15)14-5-6-14/h9,11-12,14H,5-8,10,17H2,1-4H3. The topological polar surface area (TPSA) is 54.5 Å². The molecule has 2 rings (SSSR count). The molecular weight excluding hydrogens is 264 g/mol. The molecule has 0 bridgehead atoms. The quantitative estimate of drug-likeness (QED) is 0.837. The Morgan fingerprint density at radius 2 is 2.05 bits per heavy atom. The van der Waals surface area contributed by atoms with Gasteiger partial charge in [-0.05, 0) is 38.9 Å². The number of amides is 1. The lowest BCUT2D eigenvalue weighted by atomic mass is 10.2. The first-order valence-corrected chi connectivity index (χ1v) is 7.79. The molecule has 5 heteroatoms. The van der Waals surface area contributed by atoms with E-state index in [1.807, 2.05) is 31.3 Å². The maximum Gasteiger partial charge on any atom is 0.270 e. The molecule has 1 aromatic rings. The Bertz CT molecular complexity index is 488. The van der Waals surface area contributed by atoms with E-state index in [4.69, 9.17) is 5.73 Å². The molecule has 1 saturated carbocycles. The molecule has 118 valence electrons. The van der Waals surface area contributed by atoms with Gasteiger partial charge in [0.25, 0.3) is 5.91 Å². The lowest BCUT2D eigenvalue weighted by molar-refractivity contribution is 0.0713. The van der Waals surface area contributed by atoms with Crippen LogP contribution in [0.2, 0.25) is 0 Å². The summed E-state index contributed by atoms with van der Waals surface area (Å²) in [4.78, 5) is 17.0. The molecule has 1 aliphatic rings. The van der Waals surface area contributed by atoms with Gasteiger partial charge in [-0.15, -0.1) is 0 Å². The van der Waals surface area contributed by atoms with E-state index in [9.17, 15) is 4.79 Å². The Balaban J connectivity index is 2.16. The number of rotatable bonds is 7. The number of anilines is 1. The minimum absolute atomic E-state index is 0.106. The normalized spacial score (nSPS) is 15.0. The monoisotopic (exact) mass is 292 g/mol. The van der Waals surface area contributed by atoms with E-state index in [-0.39, 0.29) is 5.91 Å². The second-order valence-electron chi connectivity index (χ2n) is 6.75. The summed E-state index contributed by atoms with van der Waals surface area (Å²) in [7, 11) is 4.06. The molecule has 0 saturated heterocycles. The highest BCUT2D eigenvalue weighted by atomic mass is 16.2. The van der Waals surface area contributed by atoms with Crippen molar-refractivity contribution in [3.8, 4) is 0 Å². The maximum atomic E-state index is 12.9. The number of hydrogen-bond donors (Lipinski definition) is 1. The van der Waals surface area contributed by atoms with Crippen LogP contribution in [0.4, 0.5) is 5.69 Å². The molecule has 1 fully saturated rings. The average molecular weight is 292 g/mol. The summed E-state index contributed by atoms with van der Waals surface area (Å²) in [5.74, 6) is 0.562. The fourth-order valence-corrected chi connectivity index (χ4v) is 2.53. The largest absolute Gasteiger partial charge is 0.397 e. The van der Waals surface area contributed by atoms with Gasteiger partial charge in [0.2, 0.25) is 0 Å². The number of hydrogen-bond acceptors (Lipinski definition) is 3. The summed E-state index contributed by atoms with van der Waals surface area (Å²) >= 11 is 0. The lowest BCUT2D eigenvalue weighted by Crippen LogP contribution is -2.39. The van der Waals surface area contributed by atoms with E-state index in [0.29, 0.717) is 17.6 Å². The Hall–Kier alpha value is -1.49. The first kappa shape index (κ1) is 15.9. The number of nitrogens with two attached hydrogens (primary N) is 1. The second-order valence-corrected chi connectivity index (χ2v) is 6.75. The van der Waals surface area contributed by atoms with Crippen molar-refractivity contribution >= 4 is 11.6 Å². The van der Waals surface area contributed by atoms with Crippen LogP contribution in [0.25, 0.3) is 0 Å². The minimum atomic E-state index is 0.106. The first-order valence-electron chi connectivity index (χ1n) is 7.79. The fraction of sp³-hybridized carbons (Fsp3) is 0.688. The number of nitrogen functional groups attached to an aromatic ring is 1. The van der Waals surface area contributed by atoms with Gasteiger partial charge in [-0.1, -0.05) is 13.8 Å². The van der Waals surface area contributed by atoms with Crippen LogP contribution in [-0.4, -0.2) is 54.0 Å². The number of carbonyl (C=O) groups is 1. The zero-order valence-corrected chi connectivity index (χ0v) is 13.7. The van der Waals surface area contributed by atoms with Gasteiger partial charge in [-0.25, -0.2) is 0 Å². The van der Waals surface area contributed by atoms with Crippen molar-refractivity contribution in [2.75, 3.05) is 39.5 Å². The first-order chi connectivity index (χ1) is 9.88. The minimum Gasteiger partial charge on any atom is -0.397 e. The van der Waals surface area contributed by atoms with Crippen LogP contribution in [0.3, 0.4) is 0 Å². The number of carbonyl (C=O) groups excluding carboxylic acids is 1. The summed E-state index contributed by atoms with van der Waals surface area (Å²) in [6.45, 7) is 6.69. The number of likely N-dealkylation sites (N-methyl/N-ethyl adjacent to an activating group) is 1. The van der Waals surface area contributed by atoms with Crippen LogP contribution in [-0.2, 0) is 0 Å². The van der Waals surface area contributed by atoms with E-state index in [2.05, 4.69) is 23.3 Å². The van der Waals surface area contributed by atoms with Gasteiger partial charge >= 0.3 is 0 Å².